The molecule has 1 aromatic heterocycles. The van der Waals surface area contributed by atoms with E-state index in [9.17, 15) is 14.4 Å². The molecule has 1 heterocycles. The molecule has 0 aliphatic carbocycles. The van der Waals surface area contributed by atoms with Crippen LogP contribution in [0, 0.1) is 6.92 Å². The third-order valence-corrected chi connectivity index (χ3v) is 4.91. The number of carbonyl (C=O) groups is 3. The van der Waals surface area contributed by atoms with E-state index in [0.29, 0.717) is 17.2 Å². The van der Waals surface area contributed by atoms with Gasteiger partial charge in [0.25, 0.3) is 5.91 Å². The maximum Gasteiger partial charge on any atom is 0.306 e. The molecule has 0 bridgehead atoms. The Kier molecular flexibility index (Phi) is 8.25. The van der Waals surface area contributed by atoms with Crippen molar-refractivity contribution in [1.29, 1.82) is 0 Å². The van der Waals surface area contributed by atoms with Crippen LogP contribution in [0.2, 0.25) is 0 Å². The quantitative estimate of drug-likeness (QED) is 0.416. The van der Waals surface area contributed by atoms with Crippen molar-refractivity contribution in [2.75, 3.05) is 17.2 Å². The Morgan fingerprint density at radius 3 is 2.09 bits per heavy atom. The number of benzene rings is 2. The van der Waals surface area contributed by atoms with E-state index >= 15 is 0 Å². The lowest BCUT2D eigenvalue weighted by molar-refractivity contribution is -0.147. The minimum atomic E-state index is -0.659. The lowest BCUT2D eigenvalue weighted by Gasteiger charge is -2.19. The summed E-state index contributed by atoms with van der Waals surface area (Å²) in [6, 6.07) is 16.4. The van der Waals surface area contributed by atoms with Gasteiger partial charge in [-0.1, -0.05) is 38.1 Å². The summed E-state index contributed by atoms with van der Waals surface area (Å²) >= 11 is 0. The van der Waals surface area contributed by atoms with E-state index in [1.165, 1.54) is 11.6 Å². The number of nitrogens with zero attached hydrogens (tertiary/aromatic N) is 1. The normalized spacial score (nSPS) is 11.0. The smallest absolute Gasteiger partial charge is 0.306 e. The van der Waals surface area contributed by atoms with Gasteiger partial charge in [0.15, 0.2) is 12.4 Å². The highest BCUT2D eigenvalue weighted by atomic mass is 16.5. The van der Waals surface area contributed by atoms with Crippen LogP contribution in [0.4, 0.5) is 11.5 Å². The van der Waals surface area contributed by atoms with Crippen molar-refractivity contribution in [2.24, 2.45) is 0 Å². The Balaban J connectivity index is 1.38. The van der Waals surface area contributed by atoms with Gasteiger partial charge in [0, 0.05) is 18.2 Å². The van der Waals surface area contributed by atoms with Crippen molar-refractivity contribution < 1.29 is 28.4 Å². The van der Waals surface area contributed by atoms with Crippen LogP contribution < -0.4 is 15.4 Å². The van der Waals surface area contributed by atoms with Gasteiger partial charge >= 0.3 is 5.97 Å². The monoisotopic (exact) mass is 479 g/mol. The van der Waals surface area contributed by atoms with E-state index in [0.717, 1.165) is 5.75 Å². The summed E-state index contributed by atoms with van der Waals surface area (Å²) in [4.78, 5) is 35.7. The lowest BCUT2D eigenvalue weighted by atomic mass is 9.87. The predicted molar refractivity (Wildman–Crippen MR) is 130 cm³/mol. The Bertz CT molecular complexity index is 1160. The van der Waals surface area contributed by atoms with Crippen LogP contribution in [-0.4, -0.2) is 29.5 Å². The summed E-state index contributed by atoms with van der Waals surface area (Å²) in [5.74, 6) is 0.564. The van der Waals surface area contributed by atoms with Crippen LogP contribution in [0.5, 0.6) is 11.5 Å². The number of amides is 2. The molecule has 9 nitrogen and oxygen atoms in total. The molecular weight excluding hydrogens is 450 g/mol. The molecule has 3 rings (SSSR count). The molecule has 184 valence electrons. The molecule has 0 atom stereocenters. The molecule has 0 unspecified atom stereocenters. The molecule has 35 heavy (non-hydrogen) atoms. The first kappa shape index (κ1) is 25.5. The SMILES string of the molecule is Cc1cc(NC(=O)COC(=O)CCC(=O)Nc2ccc(Oc3ccc(C(C)(C)C)cc3)cc2)no1. The molecule has 0 saturated heterocycles. The summed E-state index contributed by atoms with van der Waals surface area (Å²) in [7, 11) is 0. The van der Waals surface area contributed by atoms with Gasteiger partial charge in [0.1, 0.15) is 17.3 Å². The zero-order chi connectivity index (χ0) is 25.4. The standard InChI is InChI=1S/C26H29N3O6/c1-17-15-22(29-35-17)28-24(31)16-33-25(32)14-13-23(30)27-19-7-11-21(12-8-19)34-20-9-5-18(6-10-20)26(2,3)4/h5-12,15H,13-14,16H2,1-4H3,(H,27,30)(H,28,29,31). The van der Waals surface area contributed by atoms with Gasteiger partial charge in [-0.3, -0.25) is 14.4 Å². The molecule has 0 spiro atoms. The number of aromatic nitrogens is 1. The topological polar surface area (TPSA) is 120 Å². The maximum atomic E-state index is 12.1. The highest BCUT2D eigenvalue weighted by molar-refractivity contribution is 5.94. The van der Waals surface area contributed by atoms with E-state index in [1.807, 2.05) is 24.3 Å². The van der Waals surface area contributed by atoms with E-state index in [-0.39, 0.29) is 30.0 Å². The van der Waals surface area contributed by atoms with Crippen LogP contribution in [-0.2, 0) is 24.5 Å². The van der Waals surface area contributed by atoms with Crippen molar-refractivity contribution in [3.05, 3.63) is 65.9 Å². The second-order valence-electron chi connectivity index (χ2n) is 8.98. The van der Waals surface area contributed by atoms with Crippen LogP contribution in [0.3, 0.4) is 0 Å². The number of esters is 1. The fourth-order valence-corrected chi connectivity index (χ4v) is 3.03. The van der Waals surface area contributed by atoms with Gasteiger partial charge in [-0.15, -0.1) is 0 Å². The fraction of sp³-hybridized carbons (Fsp3) is 0.308. The molecule has 0 fully saturated rings. The molecule has 0 saturated carbocycles. The average Bonchev–Trinajstić information content (AvgIpc) is 3.21. The molecule has 0 radical (unpaired) electrons. The van der Waals surface area contributed by atoms with E-state index in [4.69, 9.17) is 14.0 Å². The third kappa shape index (κ3) is 8.29. The van der Waals surface area contributed by atoms with Crippen molar-refractivity contribution >= 4 is 29.3 Å². The van der Waals surface area contributed by atoms with Gasteiger partial charge < -0.3 is 24.6 Å². The minimum absolute atomic E-state index is 0.0708. The van der Waals surface area contributed by atoms with E-state index < -0.39 is 18.5 Å². The van der Waals surface area contributed by atoms with Gasteiger partial charge in [-0.05, 0) is 54.3 Å². The predicted octanol–water partition coefficient (Wildman–Crippen LogP) is 4.97. The van der Waals surface area contributed by atoms with Crippen LogP contribution in [0.25, 0.3) is 0 Å². The van der Waals surface area contributed by atoms with Crippen LogP contribution >= 0.6 is 0 Å². The van der Waals surface area contributed by atoms with Crippen molar-refractivity contribution in [1.82, 2.24) is 5.16 Å². The number of anilines is 2. The summed E-state index contributed by atoms with van der Waals surface area (Å²) in [5.41, 5.74) is 1.86. The summed E-state index contributed by atoms with van der Waals surface area (Å²) in [5, 5.41) is 8.76. The van der Waals surface area contributed by atoms with E-state index in [2.05, 4.69) is 36.6 Å². The zero-order valence-electron chi connectivity index (χ0n) is 20.2. The van der Waals surface area contributed by atoms with E-state index in [1.54, 1.807) is 31.2 Å². The van der Waals surface area contributed by atoms with Crippen molar-refractivity contribution in [2.45, 2.75) is 46.0 Å². The number of nitrogens with one attached hydrogen (secondary N) is 2. The second kappa shape index (κ2) is 11.3. The minimum Gasteiger partial charge on any atom is -0.457 e. The third-order valence-electron chi connectivity index (χ3n) is 4.91. The summed E-state index contributed by atoms with van der Waals surface area (Å²) < 4.78 is 15.6. The van der Waals surface area contributed by atoms with Gasteiger partial charge in [0.05, 0.1) is 6.42 Å². The van der Waals surface area contributed by atoms with Gasteiger partial charge in [-0.2, -0.15) is 0 Å². The number of hydrogen-bond acceptors (Lipinski definition) is 7. The van der Waals surface area contributed by atoms with Gasteiger partial charge in [0.2, 0.25) is 5.91 Å². The summed E-state index contributed by atoms with van der Waals surface area (Å²) in [6.45, 7) is 7.66. The number of ether oxygens (including phenoxy) is 2. The second-order valence-corrected chi connectivity index (χ2v) is 8.98. The fourth-order valence-electron chi connectivity index (χ4n) is 3.03. The Hall–Kier alpha value is -4.14. The lowest BCUT2D eigenvalue weighted by Crippen LogP contribution is -2.21. The largest absolute Gasteiger partial charge is 0.457 e. The molecule has 2 N–H and O–H groups in total. The van der Waals surface area contributed by atoms with Gasteiger partial charge in [-0.25, -0.2) is 0 Å². The van der Waals surface area contributed by atoms with Crippen molar-refractivity contribution in [3.8, 4) is 11.5 Å². The molecule has 9 heteroatoms. The first-order chi connectivity index (χ1) is 16.6. The molecular formula is C26H29N3O6. The summed E-state index contributed by atoms with van der Waals surface area (Å²) in [6.07, 6.45) is -0.241. The molecule has 0 aliphatic rings. The zero-order valence-corrected chi connectivity index (χ0v) is 20.2. The number of carbonyl (C=O) groups excluding carboxylic acids is 3. The Morgan fingerprint density at radius 1 is 0.886 bits per heavy atom. The number of aryl methyl sites for hydroxylation is 1. The Labute approximate surface area is 203 Å². The first-order valence-corrected chi connectivity index (χ1v) is 11.2. The molecule has 2 aromatic carbocycles. The van der Waals surface area contributed by atoms with Crippen LogP contribution in [0.15, 0.2) is 59.1 Å². The molecule has 0 aliphatic heterocycles. The molecule has 2 amide bonds. The molecule has 3 aromatic rings. The highest BCUT2D eigenvalue weighted by Gasteiger charge is 2.14. The number of rotatable bonds is 9. The average molecular weight is 480 g/mol. The number of hydrogen-bond donors (Lipinski definition) is 2. The van der Waals surface area contributed by atoms with Crippen molar-refractivity contribution in [3.63, 3.8) is 0 Å². The first-order valence-electron chi connectivity index (χ1n) is 11.2. The van der Waals surface area contributed by atoms with Crippen LogP contribution in [0.1, 0.15) is 44.9 Å². The Morgan fingerprint density at radius 2 is 1.51 bits per heavy atom. The maximum absolute atomic E-state index is 12.1. The highest BCUT2D eigenvalue weighted by Crippen LogP contribution is 2.27.